The molecule has 1 aliphatic carbocycles. The summed E-state index contributed by atoms with van der Waals surface area (Å²) < 4.78 is 4.17. The molecule has 1 fully saturated rings. The number of benzene rings is 2. The van der Waals surface area contributed by atoms with Crippen LogP contribution in [0.3, 0.4) is 0 Å². The molecule has 0 saturated heterocycles. The molecule has 0 bridgehead atoms. The summed E-state index contributed by atoms with van der Waals surface area (Å²) in [5, 5.41) is 3.63. The van der Waals surface area contributed by atoms with E-state index in [9.17, 15) is 4.79 Å². The number of fused-ring (bicyclic) bond motifs is 1. The van der Waals surface area contributed by atoms with Crippen molar-refractivity contribution in [3.63, 3.8) is 0 Å². The highest BCUT2D eigenvalue weighted by molar-refractivity contribution is 6.30. The fourth-order valence-electron chi connectivity index (χ4n) is 5.14. The van der Waals surface area contributed by atoms with Crippen LogP contribution in [0.1, 0.15) is 54.4 Å². The molecule has 5 rings (SSSR count). The highest BCUT2D eigenvalue weighted by Gasteiger charge is 2.19. The summed E-state index contributed by atoms with van der Waals surface area (Å²) in [6, 6.07) is 14.1. The van der Waals surface area contributed by atoms with Crippen LogP contribution in [-0.4, -0.2) is 43.0 Å². The van der Waals surface area contributed by atoms with Crippen molar-refractivity contribution in [2.24, 2.45) is 0 Å². The molecule has 1 N–H and O–H groups in total. The Hall–Kier alpha value is -3.16. The molecule has 7 nitrogen and oxygen atoms in total. The van der Waals surface area contributed by atoms with E-state index in [1.165, 1.54) is 37.7 Å². The Labute approximate surface area is 217 Å². The Morgan fingerprint density at radius 2 is 1.92 bits per heavy atom. The molecule has 1 aliphatic rings. The second-order valence-corrected chi connectivity index (χ2v) is 10.2. The Morgan fingerprint density at radius 1 is 1.11 bits per heavy atom. The Kier molecular flexibility index (Phi) is 7.68. The van der Waals surface area contributed by atoms with Gasteiger partial charge < -0.3 is 9.13 Å². The average molecular weight is 505 g/mol. The van der Waals surface area contributed by atoms with E-state index in [2.05, 4.69) is 49.6 Å². The van der Waals surface area contributed by atoms with Gasteiger partial charge in [0.25, 0.3) is 5.91 Å². The molecule has 0 radical (unpaired) electrons. The zero-order valence-electron chi connectivity index (χ0n) is 20.7. The predicted molar refractivity (Wildman–Crippen MR) is 144 cm³/mol. The number of hydrogen-bond donors (Lipinski definition) is 1. The summed E-state index contributed by atoms with van der Waals surface area (Å²) in [5.74, 6) is 0.364. The van der Waals surface area contributed by atoms with Crippen LogP contribution in [0.5, 0.6) is 0 Å². The number of amides is 1. The van der Waals surface area contributed by atoms with E-state index in [1.54, 1.807) is 30.5 Å². The molecule has 0 spiro atoms. The van der Waals surface area contributed by atoms with Crippen LogP contribution in [0, 0.1) is 0 Å². The van der Waals surface area contributed by atoms with E-state index in [1.807, 2.05) is 12.5 Å². The van der Waals surface area contributed by atoms with Gasteiger partial charge in [0.05, 0.1) is 17.4 Å². The molecule has 0 atom stereocenters. The van der Waals surface area contributed by atoms with Gasteiger partial charge >= 0.3 is 0 Å². The molecular weight excluding hydrogens is 472 g/mol. The monoisotopic (exact) mass is 504 g/mol. The largest absolute Gasteiger partial charge is 0.337 e. The molecule has 36 heavy (non-hydrogen) atoms. The molecule has 2 heterocycles. The van der Waals surface area contributed by atoms with Crippen LogP contribution in [-0.2, 0) is 19.6 Å². The SMILES string of the molecule is CN(Cc1ccc2c(c1)nc(NC(=O)c1ccc(Cl)cc1)n2CCCn1ccnc1)C1CCCCC1. The summed E-state index contributed by atoms with van der Waals surface area (Å²) in [5.41, 5.74) is 3.72. The molecular formula is C28H33ClN6O. The lowest BCUT2D eigenvalue weighted by Gasteiger charge is -2.31. The van der Waals surface area contributed by atoms with Crippen LogP contribution in [0.25, 0.3) is 11.0 Å². The summed E-state index contributed by atoms with van der Waals surface area (Å²) in [6.07, 6.45) is 13.0. The first kappa shape index (κ1) is 24.5. The van der Waals surface area contributed by atoms with Gasteiger partial charge in [0.15, 0.2) is 0 Å². The lowest BCUT2D eigenvalue weighted by atomic mass is 9.94. The molecule has 2 aromatic carbocycles. The van der Waals surface area contributed by atoms with Gasteiger partial charge in [-0.15, -0.1) is 0 Å². The molecule has 1 amide bonds. The van der Waals surface area contributed by atoms with Gasteiger partial charge in [0.2, 0.25) is 5.95 Å². The van der Waals surface area contributed by atoms with Crippen LogP contribution in [0.2, 0.25) is 5.02 Å². The van der Waals surface area contributed by atoms with Crippen LogP contribution < -0.4 is 5.32 Å². The Bertz CT molecular complexity index is 1290. The van der Waals surface area contributed by atoms with Gasteiger partial charge in [0, 0.05) is 48.7 Å². The number of imidazole rings is 2. The lowest BCUT2D eigenvalue weighted by molar-refractivity contribution is 0.102. The number of aromatic nitrogens is 4. The topological polar surface area (TPSA) is 68.0 Å². The van der Waals surface area contributed by atoms with Crippen molar-refractivity contribution >= 4 is 34.5 Å². The first-order valence-electron chi connectivity index (χ1n) is 12.8. The van der Waals surface area contributed by atoms with E-state index < -0.39 is 0 Å². The van der Waals surface area contributed by atoms with Crippen LogP contribution >= 0.6 is 11.6 Å². The fourth-order valence-corrected chi connectivity index (χ4v) is 5.27. The maximum Gasteiger partial charge on any atom is 0.257 e. The first-order chi connectivity index (χ1) is 17.6. The number of nitrogens with zero attached hydrogens (tertiary/aromatic N) is 5. The third-order valence-electron chi connectivity index (χ3n) is 7.13. The molecule has 2 aromatic heterocycles. The normalized spacial score (nSPS) is 14.5. The second-order valence-electron chi connectivity index (χ2n) is 9.73. The molecule has 188 valence electrons. The standard InChI is InChI=1S/C28H33ClN6O/c1-33(24-6-3-2-4-7-24)19-21-8-13-26-25(18-21)31-28(32-27(36)22-9-11-23(29)12-10-22)35(26)16-5-15-34-17-14-30-20-34/h8-14,17-18,20,24H,2-7,15-16,19H2,1H3,(H,31,32,36). The van der Waals surface area contributed by atoms with Crippen molar-refractivity contribution in [1.82, 2.24) is 24.0 Å². The van der Waals surface area contributed by atoms with Gasteiger partial charge in [-0.3, -0.25) is 15.0 Å². The summed E-state index contributed by atoms with van der Waals surface area (Å²) in [4.78, 5) is 24.4. The summed E-state index contributed by atoms with van der Waals surface area (Å²) >= 11 is 6.00. The number of halogens is 1. The van der Waals surface area contributed by atoms with Crippen LogP contribution in [0.4, 0.5) is 5.95 Å². The summed E-state index contributed by atoms with van der Waals surface area (Å²) in [6.45, 7) is 2.47. The van der Waals surface area contributed by atoms with Crippen molar-refractivity contribution in [1.29, 1.82) is 0 Å². The minimum Gasteiger partial charge on any atom is -0.337 e. The van der Waals surface area contributed by atoms with Gasteiger partial charge in [0.1, 0.15) is 0 Å². The van der Waals surface area contributed by atoms with E-state index in [0.29, 0.717) is 22.6 Å². The van der Waals surface area contributed by atoms with Crippen molar-refractivity contribution in [2.75, 3.05) is 12.4 Å². The van der Waals surface area contributed by atoms with E-state index in [4.69, 9.17) is 16.6 Å². The van der Waals surface area contributed by atoms with Gasteiger partial charge in [-0.2, -0.15) is 0 Å². The zero-order chi connectivity index (χ0) is 24.9. The van der Waals surface area contributed by atoms with Gasteiger partial charge in [-0.1, -0.05) is 36.9 Å². The average Bonchev–Trinajstić information content (AvgIpc) is 3.53. The number of anilines is 1. The summed E-state index contributed by atoms with van der Waals surface area (Å²) in [7, 11) is 2.23. The number of carbonyl (C=O) groups excluding carboxylic acids is 1. The third kappa shape index (κ3) is 5.79. The van der Waals surface area contributed by atoms with Crippen molar-refractivity contribution in [3.8, 4) is 0 Å². The van der Waals surface area contributed by atoms with Crippen molar-refractivity contribution in [3.05, 3.63) is 77.3 Å². The predicted octanol–water partition coefficient (Wildman–Crippen LogP) is 5.99. The second kappa shape index (κ2) is 11.3. The number of rotatable bonds is 9. The smallest absolute Gasteiger partial charge is 0.257 e. The Morgan fingerprint density at radius 3 is 2.67 bits per heavy atom. The number of hydrogen-bond acceptors (Lipinski definition) is 4. The number of carbonyl (C=O) groups is 1. The highest BCUT2D eigenvalue weighted by Crippen LogP contribution is 2.26. The quantitative estimate of drug-likeness (QED) is 0.304. The maximum atomic E-state index is 13.0. The third-order valence-corrected chi connectivity index (χ3v) is 7.38. The van der Waals surface area contributed by atoms with E-state index >= 15 is 0 Å². The van der Waals surface area contributed by atoms with Gasteiger partial charge in [-0.05, 0) is 68.3 Å². The molecule has 8 heteroatoms. The van der Waals surface area contributed by atoms with E-state index in [-0.39, 0.29) is 5.91 Å². The zero-order valence-corrected chi connectivity index (χ0v) is 21.5. The minimum absolute atomic E-state index is 0.199. The molecule has 0 unspecified atom stereocenters. The molecule has 1 saturated carbocycles. The Balaban J connectivity index is 1.38. The molecule has 4 aromatic rings. The number of aryl methyl sites for hydroxylation is 2. The van der Waals surface area contributed by atoms with Crippen molar-refractivity contribution in [2.45, 2.75) is 64.2 Å². The number of nitrogens with one attached hydrogen (secondary N) is 1. The first-order valence-corrected chi connectivity index (χ1v) is 13.2. The van der Waals surface area contributed by atoms with Crippen LogP contribution in [0.15, 0.2) is 61.2 Å². The van der Waals surface area contributed by atoms with Gasteiger partial charge in [-0.25, -0.2) is 9.97 Å². The van der Waals surface area contributed by atoms with E-state index in [0.717, 1.165) is 37.1 Å². The maximum absolute atomic E-state index is 13.0. The van der Waals surface area contributed by atoms with Crippen molar-refractivity contribution < 1.29 is 4.79 Å². The minimum atomic E-state index is -0.199. The highest BCUT2D eigenvalue weighted by atomic mass is 35.5. The fraction of sp³-hybridized carbons (Fsp3) is 0.393. The lowest BCUT2D eigenvalue weighted by Crippen LogP contribution is -2.32. The molecule has 0 aliphatic heterocycles.